The number of hydrogen-bond acceptors (Lipinski definition) is 3. The molecule has 3 nitrogen and oxygen atoms in total. The zero-order chi connectivity index (χ0) is 19.7. The molecule has 0 aromatic heterocycles. The fourth-order valence-electron chi connectivity index (χ4n) is 3.34. The molecule has 156 valence electrons. The molecule has 0 bridgehead atoms. The van der Waals surface area contributed by atoms with Crippen LogP contribution in [-0.4, -0.2) is 24.0 Å². The zero-order valence-electron chi connectivity index (χ0n) is 17.9. The molecule has 0 rings (SSSR count). The van der Waals surface area contributed by atoms with Gasteiger partial charge in [-0.05, 0) is 26.7 Å². The number of unbranched alkanes of at least 4 members (excludes halogenated alkanes) is 8. The number of thiol groups is 1. The second kappa shape index (κ2) is 16.9. The van der Waals surface area contributed by atoms with E-state index in [0.29, 0.717) is 13.2 Å². The fourth-order valence-corrected chi connectivity index (χ4v) is 3.58. The molecule has 0 aromatic carbocycles. The van der Waals surface area contributed by atoms with Crippen LogP contribution in [0.1, 0.15) is 111 Å². The van der Waals surface area contributed by atoms with E-state index in [1.165, 1.54) is 64.2 Å². The second-order valence-electron chi connectivity index (χ2n) is 7.75. The molecular formula is C22H45NO2S. The van der Waals surface area contributed by atoms with Gasteiger partial charge in [-0.25, -0.2) is 0 Å². The van der Waals surface area contributed by atoms with Crippen LogP contribution in [0.25, 0.3) is 0 Å². The average Bonchev–Trinajstić information content (AvgIpc) is 2.59. The van der Waals surface area contributed by atoms with Crippen LogP contribution in [0.2, 0.25) is 0 Å². The van der Waals surface area contributed by atoms with Crippen molar-refractivity contribution in [3.05, 3.63) is 0 Å². The van der Waals surface area contributed by atoms with E-state index in [2.05, 4.69) is 31.8 Å². The summed E-state index contributed by atoms with van der Waals surface area (Å²) in [6.45, 7) is 9.70. The Labute approximate surface area is 168 Å². The minimum atomic E-state index is -0.460. The highest BCUT2D eigenvalue weighted by molar-refractivity contribution is 7.81. The van der Waals surface area contributed by atoms with Crippen LogP contribution >= 0.6 is 12.6 Å². The first-order valence-corrected chi connectivity index (χ1v) is 11.6. The Morgan fingerprint density at radius 1 is 0.923 bits per heavy atom. The summed E-state index contributed by atoms with van der Waals surface area (Å²) >= 11 is 4.52. The largest absolute Gasteiger partial charge is 0.365 e. The van der Waals surface area contributed by atoms with E-state index in [1.54, 1.807) is 0 Å². The predicted octanol–water partition coefficient (Wildman–Crippen LogP) is 6.51. The molecule has 0 fully saturated rings. The maximum absolute atomic E-state index is 12.6. The number of carbonyl (C=O) groups is 1. The van der Waals surface area contributed by atoms with E-state index in [4.69, 9.17) is 4.74 Å². The molecule has 0 spiro atoms. The molecule has 0 saturated carbocycles. The third-order valence-electron chi connectivity index (χ3n) is 5.03. The maximum Gasteiger partial charge on any atom is 0.223 e. The van der Waals surface area contributed by atoms with Crippen molar-refractivity contribution in [2.24, 2.45) is 5.92 Å². The molecule has 4 heteroatoms. The van der Waals surface area contributed by atoms with Gasteiger partial charge < -0.3 is 10.1 Å². The normalized spacial score (nSPS) is 14.8. The number of ether oxygens (including phenoxy) is 1. The van der Waals surface area contributed by atoms with Crippen LogP contribution in [0.15, 0.2) is 0 Å². The van der Waals surface area contributed by atoms with Gasteiger partial charge in [0.1, 0.15) is 4.93 Å². The summed E-state index contributed by atoms with van der Waals surface area (Å²) in [7, 11) is 0. The van der Waals surface area contributed by atoms with Gasteiger partial charge in [0.15, 0.2) is 0 Å². The topological polar surface area (TPSA) is 38.3 Å². The Morgan fingerprint density at radius 2 is 1.42 bits per heavy atom. The molecule has 0 aliphatic heterocycles. The van der Waals surface area contributed by atoms with Crippen molar-refractivity contribution in [3.63, 3.8) is 0 Å². The average molecular weight is 388 g/mol. The van der Waals surface area contributed by atoms with E-state index in [-0.39, 0.29) is 11.8 Å². The van der Waals surface area contributed by atoms with Crippen LogP contribution in [0.4, 0.5) is 0 Å². The van der Waals surface area contributed by atoms with E-state index in [9.17, 15) is 4.79 Å². The summed E-state index contributed by atoms with van der Waals surface area (Å²) in [6.07, 6.45) is 15.4. The molecule has 1 amide bonds. The summed E-state index contributed by atoms with van der Waals surface area (Å²) < 4.78 is 5.59. The lowest BCUT2D eigenvalue weighted by Gasteiger charge is -2.24. The predicted molar refractivity (Wildman–Crippen MR) is 117 cm³/mol. The van der Waals surface area contributed by atoms with Crippen LogP contribution in [0, 0.1) is 5.92 Å². The minimum absolute atomic E-state index is 0.177. The van der Waals surface area contributed by atoms with E-state index < -0.39 is 4.93 Å². The lowest BCUT2D eigenvalue weighted by molar-refractivity contribution is -0.125. The Bertz CT molecular complexity index is 334. The first-order chi connectivity index (χ1) is 12.5. The molecule has 0 aliphatic rings. The molecule has 0 aliphatic carbocycles. The Hall–Kier alpha value is -0.220. The molecule has 26 heavy (non-hydrogen) atoms. The highest BCUT2D eigenvalue weighted by Gasteiger charge is 2.21. The maximum atomic E-state index is 12.6. The first kappa shape index (κ1) is 25.8. The summed E-state index contributed by atoms with van der Waals surface area (Å²) in [6, 6.07) is 0. The third kappa shape index (κ3) is 14.9. The Morgan fingerprint density at radius 3 is 1.96 bits per heavy atom. The third-order valence-corrected chi connectivity index (χ3v) is 5.38. The lowest BCUT2D eigenvalue weighted by atomic mass is 9.93. The van der Waals surface area contributed by atoms with E-state index in [0.717, 1.165) is 19.3 Å². The lowest BCUT2D eigenvalue weighted by Crippen LogP contribution is -2.35. The first-order valence-electron chi connectivity index (χ1n) is 11.1. The standard InChI is InChI=1S/C22H45NO2S/c1-5-8-10-12-13-15-17-20(16-14-11-9-6-2)21(24)23-19-18-22(4,26)25-7-3/h20,26H,5-19H2,1-4H3,(H,23,24). The van der Waals surface area contributed by atoms with Gasteiger partial charge in [0.05, 0.1) is 0 Å². The number of rotatable bonds is 18. The monoisotopic (exact) mass is 387 g/mol. The van der Waals surface area contributed by atoms with Crippen molar-refractivity contribution in [2.45, 2.75) is 116 Å². The van der Waals surface area contributed by atoms with Crippen LogP contribution < -0.4 is 5.32 Å². The SMILES string of the molecule is CCCCCCCCC(CCCCCC)C(=O)NCCC(C)(S)OCC. The van der Waals surface area contributed by atoms with Gasteiger partial charge in [-0.2, -0.15) is 0 Å². The van der Waals surface area contributed by atoms with Crippen molar-refractivity contribution in [2.75, 3.05) is 13.2 Å². The van der Waals surface area contributed by atoms with Gasteiger partial charge in [0, 0.05) is 25.5 Å². The number of nitrogens with one attached hydrogen (secondary N) is 1. The van der Waals surface area contributed by atoms with E-state index in [1.807, 2.05) is 13.8 Å². The van der Waals surface area contributed by atoms with Gasteiger partial charge in [-0.1, -0.05) is 78.1 Å². The summed E-state index contributed by atoms with van der Waals surface area (Å²) in [5.41, 5.74) is 0. The number of hydrogen-bond donors (Lipinski definition) is 2. The highest BCUT2D eigenvalue weighted by Crippen LogP contribution is 2.21. The van der Waals surface area contributed by atoms with Crippen LogP contribution in [0.5, 0.6) is 0 Å². The summed E-state index contributed by atoms with van der Waals surface area (Å²) in [5, 5.41) is 3.13. The molecule has 2 atom stereocenters. The molecular weight excluding hydrogens is 342 g/mol. The van der Waals surface area contributed by atoms with E-state index >= 15 is 0 Å². The van der Waals surface area contributed by atoms with Crippen molar-refractivity contribution in [3.8, 4) is 0 Å². The zero-order valence-corrected chi connectivity index (χ0v) is 18.8. The summed E-state index contributed by atoms with van der Waals surface area (Å²) in [5.74, 6) is 0.409. The van der Waals surface area contributed by atoms with Crippen molar-refractivity contribution >= 4 is 18.5 Å². The Kier molecular flexibility index (Phi) is 16.8. The van der Waals surface area contributed by atoms with Gasteiger partial charge >= 0.3 is 0 Å². The minimum Gasteiger partial charge on any atom is -0.365 e. The van der Waals surface area contributed by atoms with Crippen molar-refractivity contribution in [1.82, 2.24) is 5.32 Å². The second-order valence-corrected chi connectivity index (χ2v) is 8.70. The molecule has 2 unspecified atom stereocenters. The van der Waals surface area contributed by atoms with Crippen LogP contribution in [0.3, 0.4) is 0 Å². The quantitative estimate of drug-likeness (QED) is 0.160. The number of carbonyl (C=O) groups excluding carboxylic acids is 1. The van der Waals surface area contributed by atoms with Crippen molar-refractivity contribution in [1.29, 1.82) is 0 Å². The Balaban J connectivity index is 4.22. The van der Waals surface area contributed by atoms with Gasteiger partial charge in [-0.15, -0.1) is 12.6 Å². The fraction of sp³-hybridized carbons (Fsp3) is 0.955. The van der Waals surface area contributed by atoms with Gasteiger partial charge in [0.25, 0.3) is 0 Å². The van der Waals surface area contributed by atoms with Gasteiger partial charge in [0.2, 0.25) is 5.91 Å². The number of amides is 1. The highest BCUT2D eigenvalue weighted by atomic mass is 32.1. The smallest absolute Gasteiger partial charge is 0.223 e. The van der Waals surface area contributed by atoms with Crippen molar-refractivity contribution < 1.29 is 9.53 Å². The van der Waals surface area contributed by atoms with Crippen LogP contribution in [-0.2, 0) is 9.53 Å². The molecule has 0 saturated heterocycles. The molecule has 0 aromatic rings. The summed E-state index contributed by atoms with van der Waals surface area (Å²) in [4.78, 5) is 12.2. The van der Waals surface area contributed by atoms with Gasteiger partial charge in [-0.3, -0.25) is 4.79 Å². The molecule has 0 radical (unpaired) electrons. The molecule has 1 N–H and O–H groups in total. The molecule has 0 heterocycles.